The molecule has 140 valence electrons. The molecule has 0 atom stereocenters. The van der Waals surface area contributed by atoms with Gasteiger partial charge in [0.2, 0.25) is 5.82 Å². The molecule has 0 unspecified atom stereocenters. The normalized spacial score (nSPS) is 12.2. The molecule has 4 heterocycles. The van der Waals surface area contributed by atoms with Crippen LogP contribution in [0.5, 0.6) is 0 Å². The van der Waals surface area contributed by atoms with Crippen molar-refractivity contribution >= 4 is 33.2 Å². The zero-order valence-electron chi connectivity index (χ0n) is 14.0. The number of esters is 1. The van der Waals surface area contributed by atoms with E-state index in [9.17, 15) is 18.0 Å². The van der Waals surface area contributed by atoms with E-state index in [0.29, 0.717) is 26.3 Å². The van der Waals surface area contributed by atoms with E-state index >= 15 is 0 Å². The number of H-pyrrole nitrogens is 1. The minimum Gasteiger partial charge on any atom is -0.462 e. The number of hydrogen-bond donors (Lipinski definition) is 1. The van der Waals surface area contributed by atoms with Gasteiger partial charge in [0, 0.05) is 0 Å². The molecule has 0 saturated heterocycles. The molecule has 8 nitrogen and oxygen atoms in total. The molecule has 0 aliphatic heterocycles. The predicted octanol–water partition coefficient (Wildman–Crippen LogP) is 3.23. The zero-order chi connectivity index (χ0) is 19.3. The first-order valence-corrected chi connectivity index (χ1v) is 8.55. The molecule has 4 aromatic rings. The van der Waals surface area contributed by atoms with Gasteiger partial charge < -0.3 is 4.74 Å². The summed E-state index contributed by atoms with van der Waals surface area (Å²) in [5, 5.41) is 10.3. The van der Waals surface area contributed by atoms with E-state index in [0.717, 1.165) is 17.4 Å². The second kappa shape index (κ2) is 6.01. The Bertz CT molecular complexity index is 1180. The molecule has 0 radical (unpaired) electrons. The van der Waals surface area contributed by atoms with Gasteiger partial charge in [-0.05, 0) is 25.5 Å². The smallest absolute Gasteiger partial charge is 0.432 e. The molecule has 0 amide bonds. The Labute approximate surface area is 153 Å². The van der Waals surface area contributed by atoms with Crippen LogP contribution in [0.4, 0.5) is 13.2 Å². The third-order valence-electron chi connectivity index (χ3n) is 3.84. The fourth-order valence-corrected chi connectivity index (χ4v) is 3.65. The number of aromatic nitrogens is 6. The molecule has 0 fully saturated rings. The molecule has 0 bridgehead atoms. The number of rotatable bonds is 3. The third kappa shape index (κ3) is 2.81. The summed E-state index contributed by atoms with van der Waals surface area (Å²) in [5.41, 5.74) is -0.0343. The molecule has 0 saturated carbocycles. The predicted molar refractivity (Wildman–Crippen MR) is 89.4 cm³/mol. The zero-order valence-corrected chi connectivity index (χ0v) is 14.8. The Hall–Kier alpha value is -3.02. The molecular formula is C15H11F3N6O2S. The SMILES string of the molecule is CCOC(=O)c1sc2ncn3nc(-c4cc(C(F)(F)F)[nH]n4)nc3c2c1C. The highest BCUT2D eigenvalue weighted by molar-refractivity contribution is 7.20. The summed E-state index contributed by atoms with van der Waals surface area (Å²) in [4.78, 5) is 21.6. The van der Waals surface area contributed by atoms with E-state index in [1.165, 1.54) is 10.8 Å². The summed E-state index contributed by atoms with van der Waals surface area (Å²) in [6.07, 6.45) is -3.16. The van der Waals surface area contributed by atoms with Crippen LogP contribution in [0.15, 0.2) is 12.4 Å². The lowest BCUT2D eigenvalue weighted by Crippen LogP contribution is -2.04. The lowest BCUT2D eigenvalue weighted by molar-refractivity contribution is -0.141. The average Bonchev–Trinajstić information content (AvgIpc) is 3.30. The first-order chi connectivity index (χ1) is 12.8. The van der Waals surface area contributed by atoms with Crippen molar-refractivity contribution in [3.63, 3.8) is 0 Å². The molecule has 27 heavy (non-hydrogen) atoms. The van der Waals surface area contributed by atoms with Gasteiger partial charge >= 0.3 is 12.1 Å². The van der Waals surface area contributed by atoms with Crippen molar-refractivity contribution in [1.82, 2.24) is 29.8 Å². The number of fused-ring (bicyclic) bond motifs is 3. The number of hydrogen-bond acceptors (Lipinski definition) is 7. The van der Waals surface area contributed by atoms with E-state index in [4.69, 9.17) is 4.74 Å². The first-order valence-electron chi connectivity index (χ1n) is 7.74. The van der Waals surface area contributed by atoms with E-state index in [2.05, 4.69) is 20.2 Å². The van der Waals surface area contributed by atoms with Gasteiger partial charge in [-0.1, -0.05) is 0 Å². The topological polar surface area (TPSA) is 98.1 Å². The molecule has 12 heteroatoms. The number of halogens is 3. The van der Waals surface area contributed by atoms with Gasteiger partial charge in [0.25, 0.3) is 0 Å². The lowest BCUT2D eigenvalue weighted by atomic mass is 10.2. The number of carbonyl (C=O) groups excluding carboxylic acids is 1. The summed E-state index contributed by atoms with van der Waals surface area (Å²) < 4.78 is 44.6. The maximum Gasteiger partial charge on any atom is 0.432 e. The monoisotopic (exact) mass is 396 g/mol. The number of carbonyl (C=O) groups is 1. The minimum absolute atomic E-state index is 0.0133. The second-order valence-corrected chi connectivity index (χ2v) is 6.57. The van der Waals surface area contributed by atoms with Gasteiger partial charge in [0.05, 0.1) is 12.0 Å². The van der Waals surface area contributed by atoms with Gasteiger partial charge in [-0.25, -0.2) is 19.3 Å². The summed E-state index contributed by atoms with van der Waals surface area (Å²) >= 11 is 1.16. The van der Waals surface area contributed by atoms with E-state index in [1.54, 1.807) is 13.8 Å². The van der Waals surface area contributed by atoms with E-state index in [-0.39, 0.29) is 18.1 Å². The Kier molecular flexibility index (Phi) is 3.87. The van der Waals surface area contributed by atoms with Crippen LogP contribution in [-0.2, 0) is 10.9 Å². The van der Waals surface area contributed by atoms with Gasteiger partial charge in [-0.2, -0.15) is 18.3 Å². The summed E-state index contributed by atoms with van der Waals surface area (Å²) in [6, 6.07) is 0.837. The number of aromatic amines is 1. The Balaban J connectivity index is 1.86. The van der Waals surface area contributed by atoms with Crippen LogP contribution < -0.4 is 0 Å². The van der Waals surface area contributed by atoms with Crippen LogP contribution in [0.2, 0.25) is 0 Å². The number of alkyl halides is 3. The number of nitrogens with zero attached hydrogens (tertiary/aromatic N) is 5. The second-order valence-electron chi connectivity index (χ2n) is 5.57. The fourth-order valence-electron chi connectivity index (χ4n) is 2.62. The van der Waals surface area contributed by atoms with Gasteiger partial charge in [0.1, 0.15) is 27.4 Å². The molecule has 0 aliphatic rings. The molecule has 1 N–H and O–H groups in total. The standard InChI is InChI=1S/C15H11F3N6O2S/c1-3-26-14(25)10-6(2)9-12-20-11(23-24(12)5-19-13(9)27-10)7-4-8(22-21-7)15(16,17)18/h4-5H,3H2,1-2H3,(H,21,22). The summed E-state index contributed by atoms with van der Waals surface area (Å²) in [7, 11) is 0. The maximum absolute atomic E-state index is 12.8. The number of nitrogens with one attached hydrogen (secondary N) is 1. The van der Waals surface area contributed by atoms with Gasteiger partial charge in [0.15, 0.2) is 5.65 Å². The average molecular weight is 396 g/mol. The largest absolute Gasteiger partial charge is 0.462 e. The van der Waals surface area contributed by atoms with Crippen LogP contribution in [-0.4, -0.2) is 42.4 Å². The van der Waals surface area contributed by atoms with E-state index < -0.39 is 17.8 Å². The van der Waals surface area contributed by atoms with Crippen molar-refractivity contribution in [2.45, 2.75) is 20.0 Å². The Morgan fingerprint density at radius 3 is 2.85 bits per heavy atom. The van der Waals surface area contributed by atoms with Crippen LogP contribution in [0.3, 0.4) is 0 Å². The van der Waals surface area contributed by atoms with Gasteiger partial charge in [-0.3, -0.25) is 5.10 Å². The van der Waals surface area contributed by atoms with Crippen LogP contribution in [0.1, 0.15) is 27.9 Å². The Morgan fingerprint density at radius 1 is 1.41 bits per heavy atom. The quantitative estimate of drug-likeness (QED) is 0.534. The number of ether oxygens (including phenoxy) is 1. The van der Waals surface area contributed by atoms with E-state index in [1.807, 2.05) is 5.10 Å². The first kappa shape index (κ1) is 17.4. The van der Waals surface area contributed by atoms with Crippen molar-refractivity contribution in [1.29, 1.82) is 0 Å². The molecule has 0 spiro atoms. The molecule has 4 rings (SSSR count). The number of thiophene rings is 1. The summed E-state index contributed by atoms with van der Waals surface area (Å²) in [5.74, 6) is -0.447. The maximum atomic E-state index is 12.8. The highest BCUT2D eigenvalue weighted by Crippen LogP contribution is 2.33. The van der Waals surface area contributed by atoms with Crippen LogP contribution >= 0.6 is 11.3 Å². The fraction of sp³-hybridized carbons (Fsp3) is 0.267. The molecule has 0 aromatic carbocycles. The minimum atomic E-state index is -4.54. The summed E-state index contributed by atoms with van der Waals surface area (Å²) in [6.45, 7) is 3.68. The van der Waals surface area contributed by atoms with Crippen LogP contribution in [0, 0.1) is 6.92 Å². The third-order valence-corrected chi connectivity index (χ3v) is 5.02. The van der Waals surface area contributed by atoms with Crippen molar-refractivity contribution in [3.05, 3.63) is 28.5 Å². The van der Waals surface area contributed by atoms with Crippen molar-refractivity contribution in [2.24, 2.45) is 0 Å². The number of aryl methyl sites for hydroxylation is 1. The molecule has 4 aromatic heterocycles. The highest BCUT2D eigenvalue weighted by atomic mass is 32.1. The van der Waals surface area contributed by atoms with Gasteiger partial charge in [-0.15, -0.1) is 16.4 Å². The Morgan fingerprint density at radius 2 is 2.19 bits per heavy atom. The van der Waals surface area contributed by atoms with Crippen molar-refractivity contribution in [2.75, 3.05) is 6.61 Å². The highest BCUT2D eigenvalue weighted by Gasteiger charge is 2.33. The van der Waals surface area contributed by atoms with Crippen molar-refractivity contribution < 1.29 is 22.7 Å². The molecular weight excluding hydrogens is 385 g/mol. The van der Waals surface area contributed by atoms with Crippen molar-refractivity contribution in [3.8, 4) is 11.5 Å². The lowest BCUT2D eigenvalue weighted by Gasteiger charge is -1.99. The van der Waals surface area contributed by atoms with Crippen LogP contribution in [0.25, 0.3) is 27.4 Å². The molecule has 0 aliphatic carbocycles.